The molecule has 0 aliphatic carbocycles. The third kappa shape index (κ3) is 2.74. The lowest BCUT2D eigenvalue weighted by Gasteiger charge is -2.19. The summed E-state index contributed by atoms with van der Waals surface area (Å²) < 4.78 is 2.22. The third-order valence-corrected chi connectivity index (χ3v) is 4.29. The number of benzene rings is 2. The van der Waals surface area contributed by atoms with Gasteiger partial charge in [0.05, 0.1) is 10.9 Å². The Morgan fingerprint density at radius 2 is 1.77 bits per heavy atom. The molecule has 112 valence electrons. The molecule has 0 aliphatic rings. The van der Waals surface area contributed by atoms with E-state index in [2.05, 4.69) is 24.0 Å². The average molecular weight is 310 g/mol. The Morgan fingerprint density at radius 1 is 1.09 bits per heavy atom. The fraction of sp³-hybridized carbons (Fsp3) is 0.222. The topological polar surface area (TPSA) is 37.8 Å². The summed E-state index contributed by atoms with van der Waals surface area (Å²) in [6, 6.07) is 17.8. The highest BCUT2D eigenvalue weighted by Crippen LogP contribution is 2.18. The number of nitrogens with zero attached hydrogens (tertiary/aromatic N) is 1. The van der Waals surface area contributed by atoms with Crippen molar-refractivity contribution in [1.82, 2.24) is 9.55 Å². The van der Waals surface area contributed by atoms with Gasteiger partial charge in [-0.3, -0.25) is 9.36 Å². The molecule has 0 saturated heterocycles. The second-order valence-electron chi connectivity index (χ2n) is 5.40. The van der Waals surface area contributed by atoms with Crippen molar-refractivity contribution in [1.29, 1.82) is 0 Å². The lowest BCUT2D eigenvalue weighted by atomic mass is 10.0. The summed E-state index contributed by atoms with van der Waals surface area (Å²) in [6.07, 6.45) is 1.65. The van der Waals surface area contributed by atoms with E-state index < -0.39 is 0 Å². The Hall–Kier alpha value is -2.20. The maximum atomic E-state index is 12.8. The van der Waals surface area contributed by atoms with Crippen LogP contribution in [-0.2, 0) is 6.42 Å². The van der Waals surface area contributed by atoms with Gasteiger partial charge in [-0.15, -0.1) is 0 Å². The number of nitrogens with one attached hydrogen (secondary N) is 1. The SMILES string of the molecule is CC[C@H](Cc1ccccc1)n1c(=S)[nH]c2ccccc2c1=O. The minimum absolute atomic E-state index is 0.0119. The van der Waals surface area contributed by atoms with Gasteiger partial charge in [0.25, 0.3) is 5.56 Å². The van der Waals surface area contributed by atoms with Gasteiger partial charge in [-0.25, -0.2) is 0 Å². The molecule has 3 aromatic rings. The number of hydrogen-bond acceptors (Lipinski definition) is 2. The largest absolute Gasteiger partial charge is 0.332 e. The van der Waals surface area contributed by atoms with Crippen LogP contribution in [0.5, 0.6) is 0 Å². The van der Waals surface area contributed by atoms with Crippen LogP contribution < -0.4 is 5.56 Å². The maximum Gasteiger partial charge on any atom is 0.262 e. The highest BCUT2D eigenvalue weighted by atomic mass is 32.1. The summed E-state index contributed by atoms with van der Waals surface area (Å²) in [5.74, 6) is 0. The highest BCUT2D eigenvalue weighted by molar-refractivity contribution is 7.71. The summed E-state index contributed by atoms with van der Waals surface area (Å²) in [4.78, 5) is 16.0. The molecule has 1 heterocycles. The fourth-order valence-corrected chi connectivity index (χ4v) is 3.15. The van der Waals surface area contributed by atoms with Crippen molar-refractivity contribution >= 4 is 23.1 Å². The first-order valence-electron chi connectivity index (χ1n) is 7.48. The van der Waals surface area contributed by atoms with Crippen molar-refractivity contribution in [2.24, 2.45) is 0 Å². The Labute approximate surface area is 134 Å². The van der Waals surface area contributed by atoms with Crippen LogP contribution in [-0.4, -0.2) is 9.55 Å². The molecular formula is C18H18N2OS. The quantitative estimate of drug-likeness (QED) is 0.731. The Balaban J connectivity index is 2.11. The van der Waals surface area contributed by atoms with Crippen LogP contribution in [0.2, 0.25) is 0 Å². The smallest absolute Gasteiger partial charge is 0.262 e. The summed E-state index contributed by atoms with van der Waals surface area (Å²) in [7, 11) is 0. The normalized spacial score (nSPS) is 12.4. The first-order valence-corrected chi connectivity index (χ1v) is 7.89. The standard InChI is InChI=1S/C18H18N2OS/c1-2-14(12-13-8-4-3-5-9-13)20-17(21)15-10-6-7-11-16(15)19-18(20)22/h3-11,14H,2,12H2,1H3,(H,19,22)/t14-/m1/s1. The molecule has 0 unspecified atom stereocenters. The minimum atomic E-state index is -0.0119. The van der Waals surface area contributed by atoms with Crippen molar-refractivity contribution < 1.29 is 0 Å². The number of hydrogen-bond donors (Lipinski definition) is 1. The predicted octanol–water partition coefficient (Wildman–Crippen LogP) is 4.25. The lowest BCUT2D eigenvalue weighted by Crippen LogP contribution is -2.27. The number of aromatic nitrogens is 2. The summed E-state index contributed by atoms with van der Waals surface area (Å²) in [5, 5.41) is 0.683. The van der Waals surface area contributed by atoms with Crippen LogP contribution in [0.25, 0.3) is 10.9 Å². The first-order chi connectivity index (χ1) is 10.7. The van der Waals surface area contributed by atoms with E-state index in [9.17, 15) is 4.79 Å². The molecule has 0 radical (unpaired) electrons. The zero-order chi connectivity index (χ0) is 15.5. The molecule has 0 saturated carbocycles. The van der Waals surface area contributed by atoms with Crippen molar-refractivity contribution in [3.63, 3.8) is 0 Å². The first kappa shape index (κ1) is 14.7. The molecule has 0 fully saturated rings. The monoisotopic (exact) mass is 310 g/mol. The van der Waals surface area contributed by atoms with Gasteiger partial charge in [-0.2, -0.15) is 0 Å². The van der Waals surface area contributed by atoms with Crippen molar-refractivity contribution in [3.05, 3.63) is 75.3 Å². The Kier molecular flexibility index (Phi) is 4.20. The zero-order valence-electron chi connectivity index (χ0n) is 12.5. The molecule has 0 aliphatic heterocycles. The number of para-hydroxylation sites is 1. The van der Waals surface area contributed by atoms with Gasteiger partial charge in [-0.05, 0) is 42.8 Å². The minimum Gasteiger partial charge on any atom is -0.332 e. The van der Waals surface area contributed by atoms with Crippen LogP contribution in [0, 0.1) is 4.77 Å². The van der Waals surface area contributed by atoms with Gasteiger partial charge in [-0.1, -0.05) is 49.4 Å². The predicted molar refractivity (Wildman–Crippen MR) is 92.9 cm³/mol. The van der Waals surface area contributed by atoms with E-state index in [-0.39, 0.29) is 11.6 Å². The van der Waals surface area contributed by atoms with Gasteiger partial charge < -0.3 is 4.98 Å². The van der Waals surface area contributed by atoms with Gasteiger partial charge in [0.1, 0.15) is 0 Å². The molecule has 0 amide bonds. The molecule has 3 rings (SSSR count). The zero-order valence-corrected chi connectivity index (χ0v) is 13.3. The summed E-state index contributed by atoms with van der Waals surface area (Å²) >= 11 is 5.43. The molecule has 0 spiro atoms. The van der Waals surface area contributed by atoms with Crippen molar-refractivity contribution in [2.45, 2.75) is 25.8 Å². The second-order valence-corrected chi connectivity index (χ2v) is 5.79. The Bertz CT molecular complexity index is 896. The van der Waals surface area contributed by atoms with Crippen LogP contribution in [0.15, 0.2) is 59.4 Å². The van der Waals surface area contributed by atoms with Gasteiger partial charge >= 0.3 is 0 Å². The van der Waals surface area contributed by atoms with Crippen LogP contribution in [0.4, 0.5) is 0 Å². The van der Waals surface area contributed by atoms with Crippen molar-refractivity contribution in [2.75, 3.05) is 0 Å². The molecule has 4 heteroatoms. The number of fused-ring (bicyclic) bond motifs is 1. The second kappa shape index (κ2) is 6.28. The number of aromatic amines is 1. The van der Waals surface area contributed by atoms with E-state index in [0.717, 1.165) is 18.4 Å². The van der Waals surface area contributed by atoms with Gasteiger partial charge in [0.2, 0.25) is 0 Å². The highest BCUT2D eigenvalue weighted by Gasteiger charge is 2.15. The van der Waals surface area contributed by atoms with Crippen LogP contribution >= 0.6 is 12.2 Å². The fourth-order valence-electron chi connectivity index (χ4n) is 2.81. The maximum absolute atomic E-state index is 12.8. The van der Waals surface area contributed by atoms with E-state index in [4.69, 9.17) is 12.2 Å². The molecule has 1 atom stereocenters. The van der Waals surface area contributed by atoms with Crippen LogP contribution in [0.1, 0.15) is 24.9 Å². The van der Waals surface area contributed by atoms with Crippen molar-refractivity contribution in [3.8, 4) is 0 Å². The molecule has 0 bridgehead atoms. The van der Waals surface area contributed by atoms with E-state index in [1.807, 2.05) is 42.5 Å². The average Bonchev–Trinajstić information content (AvgIpc) is 2.55. The van der Waals surface area contributed by atoms with Crippen LogP contribution in [0.3, 0.4) is 0 Å². The lowest BCUT2D eigenvalue weighted by molar-refractivity contribution is 0.461. The summed E-state index contributed by atoms with van der Waals surface area (Å²) in [5.41, 5.74) is 1.99. The van der Waals surface area contributed by atoms with E-state index in [0.29, 0.717) is 10.2 Å². The number of rotatable bonds is 4. The summed E-state index contributed by atoms with van der Waals surface area (Å²) in [6.45, 7) is 2.09. The van der Waals surface area contributed by atoms with Gasteiger partial charge in [0, 0.05) is 6.04 Å². The molecule has 2 aromatic carbocycles. The molecular weight excluding hydrogens is 292 g/mol. The Morgan fingerprint density at radius 3 is 2.50 bits per heavy atom. The third-order valence-electron chi connectivity index (χ3n) is 3.99. The molecule has 1 aromatic heterocycles. The van der Waals surface area contributed by atoms with E-state index in [1.54, 1.807) is 4.57 Å². The van der Waals surface area contributed by atoms with Gasteiger partial charge in [0.15, 0.2) is 4.77 Å². The van der Waals surface area contributed by atoms with E-state index in [1.165, 1.54) is 5.56 Å². The molecule has 1 N–H and O–H groups in total. The molecule has 3 nitrogen and oxygen atoms in total. The molecule has 22 heavy (non-hydrogen) atoms. The van der Waals surface area contributed by atoms with E-state index >= 15 is 0 Å². The number of H-pyrrole nitrogens is 1.